The van der Waals surface area contributed by atoms with E-state index in [0.29, 0.717) is 18.7 Å². The largest absolute Gasteiger partial charge is 0.381 e. The molecule has 3 N–H and O–H groups in total. The van der Waals surface area contributed by atoms with Gasteiger partial charge in [0.2, 0.25) is 10.0 Å². The van der Waals surface area contributed by atoms with Crippen molar-refractivity contribution in [3.63, 3.8) is 0 Å². The average molecular weight is 312 g/mol. The predicted octanol–water partition coefficient (Wildman–Crippen LogP) is 0.880. The Morgan fingerprint density at radius 3 is 2.52 bits per heavy atom. The lowest BCUT2D eigenvalue weighted by molar-refractivity contribution is 0.0937. The molecule has 0 aromatic heterocycles. The lowest BCUT2D eigenvalue weighted by Gasteiger charge is -2.06. The van der Waals surface area contributed by atoms with E-state index in [1.165, 1.54) is 37.1 Å². The fourth-order valence-corrected chi connectivity index (χ4v) is 2.32. The van der Waals surface area contributed by atoms with Crippen molar-refractivity contribution in [2.45, 2.75) is 24.2 Å². The van der Waals surface area contributed by atoms with Gasteiger partial charge in [0.1, 0.15) is 0 Å². The van der Waals surface area contributed by atoms with Gasteiger partial charge in [-0.1, -0.05) is 0 Å². The molecular formula is C14H20N2O4S. The minimum absolute atomic E-state index is 0.00692. The molecule has 0 atom stereocenters. The Bertz CT molecular complexity index is 579. The van der Waals surface area contributed by atoms with E-state index in [2.05, 4.69) is 5.32 Å². The van der Waals surface area contributed by atoms with Crippen LogP contribution in [0.5, 0.6) is 0 Å². The highest BCUT2D eigenvalue weighted by Crippen LogP contribution is 2.28. The maximum atomic E-state index is 11.8. The zero-order valence-electron chi connectivity index (χ0n) is 11.7. The Balaban J connectivity index is 1.69. The molecule has 0 aliphatic heterocycles. The predicted molar refractivity (Wildman–Crippen MR) is 78.3 cm³/mol. The normalized spacial score (nSPS) is 14.9. The highest BCUT2D eigenvalue weighted by Gasteiger charge is 2.20. The summed E-state index contributed by atoms with van der Waals surface area (Å²) in [5, 5.41) is 7.75. The number of primary sulfonamides is 1. The third-order valence-electron chi connectivity index (χ3n) is 3.25. The first-order chi connectivity index (χ1) is 9.97. The minimum atomic E-state index is -3.72. The summed E-state index contributed by atoms with van der Waals surface area (Å²) in [5.74, 6) is 0.509. The van der Waals surface area contributed by atoms with E-state index in [9.17, 15) is 13.2 Å². The molecule has 1 saturated carbocycles. The quantitative estimate of drug-likeness (QED) is 0.696. The van der Waals surface area contributed by atoms with E-state index in [1.54, 1.807) is 0 Å². The molecule has 1 aromatic carbocycles. The van der Waals surface area contributed by atoms with Crippen molar-refractivity contribution in [2.75, 3.05) is 19.8 Å². The maximum absolute atomic E-state index is 11.8. The van der Waals surface area contributed by atoms with E-state index < -0.39 is 10.0 Å². The van der Waals surface area contributed by atoms with Crippen LogP contribution >= 0.6 is 0 Å². The number of carbonyl (C=O) groups excluding carboxylic acids is 1. The Kier molecular flexibility index (Phi) is 5.33. The number of hydrogen-bond donors (Lipinski definition) is 2. The van der Waals surface area contributed by atoms with Gasteiger partial charge in [0.15, 0.2) is 0 Å². The fourth-order valence-electron chi connectivity index (χ4n) is 1.81. The van der Waals surface area contributed by atoms with Crippen LogP contribution in [0, 0.1) is 5.92 Å². The molecule has 7 heteroatoms. The van der Waals surface area contributed by atoms with Gasteiger partial charge in [-0.05, 0) is 49.4 Å². The van der Waals surface area contributed by atoms with Crippen molar-refractivity contribution in [3.05, 3.63) is 29.8 Å². The van der Waals surface area contributed by atoms with Gasteiger partial charge in [0.05, 0.1) is 4.90 Å². The summed E-state index contributed by atoms with van der Waals surface area (Å²) in [6, 6.07) is 5.53. The second-order valence-corrected chi connectivity index (χ2v) is 6.76. The second-order valence-electron chi connectivity index (χ2n) is 5.20. The zero-order chi connectivity index (χ0) is 15.3. The number of sulfonamides is 1. The van der Waals surface area contributed by atoms with Crippen LogP contribution in [-0.4, -0.2) is 34.1 Å². The topological polar surface area (TPSA) is 98.5 Å². The van der Waals surface area contributed by atoms with Gasteiger partial charge in [0, 0.05) is 25.3 Å². The number of benzene rings is 1. The highest BCUT2D eigenvalue weighted by molar-refractivity contribution is 7.89. The zero-order valence-corrected chi connectivity index (χ0v) is 12.6. The number of amides is 1. The van der Waals surface area contributed by atoms with Crippen LogP contribution in [0.3, 0.4) is 0 Å². The summed E-state index contributed by atoms with van der Waals surface area (Å²) in [5.41, 5.74) is 0.404. The van der Waals surface area contributed by atoms with Gasteiger partial charge in [-0.3, -0.25) is 4.79 Å². The molecule has 116 valence electrons. The van der Waals surface area contributed by atoms with E-state index in [0.717, 1.165) is 18.9 Å². The summed E-state index contributed by atoms with van der Waals surface area (Å²) < 4.78 is 27.7. The lowest BCUT2D eigenvalue weighted by Crippen LogP contribution is -2.25. The van der Waals surface area contributed by atoms with Crippen LogP contribution in [0.1, 0.15) is 29.6 Å². The molecule has 0 unspecified atom stereocenters. The Morgan fingerprint density at radius 2 is 1.95 bits per heavy atom. The van der Waals surface area contributed by atoms with Crippen molar-refractivity contribution >= 4 is 15.9 Å². The smallest absolute Gasteiger partial charge is 0.251 e. The van der Waals surface area contributed by atoms with Crippen molar-refractivity contribution in [2.24, 2.45) is 11.1 Å². The molecule has 0 radical (unpaired) electrons. The summed E-state index contributed by atoms with van der Waals surface area (Å²) in [6.07, 6.45) is 3.30. The molecule has 0 heterocycles. The van der Waals surface area contributed by atoms with E-state index in [4.69, 9.17) is 9.88 Å². The summed E-state index contributed by atoms with van der Waals surface area (Å²) in [7, 11) is -3.72. The van der Waals surface area contributed by atoms with Crippen LogP contribution in [0.4, 0.5) is 0 Å². The van der Waals surface area contributed by atoms with Gasteiger partial charge in [-0.25, -0.2) is 13.6 Å². The molecule has 21 heavy (non-hydrogen) atoms. The van der Waals surface area contributed by atoms with Crippen molar-refractivity contribution in [1.82, 2.24) is 5.32 Å². The number of hydrogen-bond acceptors (Lipinski definition) is 4. The van der Waals surface area contributed by atoms with Crippen LogP contribution < -0.4 is 10.5 Å². The highest BCUT2D eigenvalue weighted by atomic mass is 32.2. The third kappa shape index (κ3) is 5.45. The molecule has 0 spiro atoms. The molecule has 2 rings (SSSR count). The van der Waals surface area contributed by atoms with Gasteiger partial charge in [0.25, 0.3) is 5.91 Å². The van der Waals surface area contributed by atoms with Crippen molar-refractivity contribution in [1.29, 1.82) is 0 Å². The maximum Gasteiger partial charge on any atom is 0.251 e. The standard InChI is InChI=1S/C14H20N2O4S/c15-21(18,19)13-6-4-12(5-7-13)14(17)16-8-1-9-20-10-11-2-3-11/h4-7,11H,1-3,8-10H2,(H,16,17)(H2,15,18,19). The number of carbonyl (C=O) groups is 1. The first-order valence-corrected chi connectivity index (χ1v) is 8.50. The minimum Gasteiger partial charge on any atom is -0.381 e. The van der Waals surface area contributed by atoms with Gasteiger partial charge in [-0.15, -0.1) is 0 Å². The number of ether oxygens (including phenoxy) is 1. The second kappa shape index (κ2) is 7.02. The van der Waals surface area contributed by atoms with E-state index in [1.807, 2.05) is 0 Å². The van der Waals surface area contributed by atoms with Crippen LogP contribution in [0.2, 0.25) is 0 Å². The molecule has 1 aliphatic rings. The molecule has 1 fully saturated rings. The first-order valence-electron chi connectivity index (χ1n) is 6.95. The fraction of sp³-hybridized carbons (Fsp3) is 0.500. The third-order valence-corrected chi connectivity index (χ3v) is 4.18. The molecule has 1 aliphatic carbocycles. The number of nitrogens with one attached hydrogen (secondary N) is 1. The number of rotatable bonds is 8. The average Bonchev–Trinajstić information content (AvgIpc) is 3.26. The SMILES string of the molecule is NS(=O)(=O)c1ccc(C(=O)NCCCOCC2CC2)cc1. The molecule has 0 bridgehead atoms. The Hall–Kier alpha value is -1.44. The number of nitrogens with two attached hydrogens (primary N) is 1. The monoisotopic (exact) mass is 312 g/mol. The van der Waals surface area contributed by atoms with E-state index >= 15 is 0 Å². The Labute approximate surface area is 124 Å². The molecule has 1 aromatic rings. The summed E-state index contributed by atoms with van der Waals surface area (Å²) in [4.78, 5) is 11.8. The van der Waals surface area contributed by atoms with Crippen molar-refractivity contribution < 1.29 is 17.9 Å². The van der Waals surface area contributed by atoms with Gasteiger partial charge >= 0.3 is 0 Å². The van der Waals surface area contributed by atoms with E-state index in [-0.39, 0.29) is 10.8 Å². The van der Waals surface area contributed by atoms with Gasteiger partial charge in [-0.2, -0.15) is 0 Å². The molecule has 6 nitrogen and oxygen atoms in total. The van der Waals surface area contributed by atoms with Crippen LogP contribution in [0.25, 0.3) is 0 Å². The summed E-state index contributed by atoms with van der Waals surface area (Å²) in [6.45, 7) is 1.99. The van der Waals surface area contributed by atoms with Crippen LogP contribution in [0.15, 0.2) is 29.2 Å². The lowest BCUT2D eigenvalue weighted by atomic mass is 10.2. The first kappa shape index (κ1) is 15.9. The van der Waals surface area contributed by atoms with Gasteiger partial charge < -0.3 is 10.1 Å². The van der Waals surface area contributed by atoms with Crippen molar-refractivity contribution in [3.8, 4) is 0 Å². The molecular weight excluding hydrogens is 292 g/mol. The molecule has 0 saturated heterocycles. The van der Waals surface area contributed by atoms with Crippen LogP contribution in [-0.2, 0) is 14.8 Å². The molecule has 1 amide bonds. The summed E-state index contributed by atoms with van der Waals surface area (Å²) >= 11 is 0. The Morgan fingerprint density at radius 1 is 1.29 bits per heavy atom.